The molecule has 0 aromatic rings. The highest BCUT2D eigenvalue weighted by Crippen LogP contribution is 2.12. The Labute approximate surface area is 136 Å². The minimum Gasteiger partial charge on any atom is -0.392 e. The molecule has 0 rings (SSSR count). The maximum atomic E-state index is 11.3. The van der Waals surface area contributed by atoms with Gasteiger partial charge in [0.1, 0.15) is 0 Å². The van der Waals surface area contributed by atoms with Crippen LogP contribution in [0.4, 0.5) is 0 Å². The highest BCUT2D eigenvalue weighted by atomic mass is 16.6. The number of hydrogen-bond acceptors (Lipinski definition) is 4. The number of likely N-dealkylation sites (N-methyl/N-ethyl adjacent to an activating group) is 1. The van der Waals surface area contributed by atoms with Crippen molar-refractivity contribution in [3.05, 3.63) is 0 Å². The number of hydrogen-bond donors (Lipinski definition) is 1. The molecule has 0 aliphatic rings. The van der Waals surface area contributed by atoms with E-state index in [0.29, 0.717) is 6.42 Å². The lowest BCUT2D eigenvalue weighted by Gasteiger charge is -2.03. The lowest BCUT2D eigenvalue weighted by molar-refractivity contribution is -0.158. The third-order valence-corrected chi connectivity index (χ3v) is 3.78. The first kappa shape index (κ1) is 21.1. The quantitative estimate of drug-likeness (QED) is 0.277. The monoisotopic (exact) mass is 313 g/mol. The summed E-state index contributed by atoms with van der Waals surface area (Å²) in [5.41, 5.74) is 0. The molecule has 130 valence electrons. The van der Waals surface area contributed by atoms with Gasteiger partial charge >= 0.3 is 11.9 Å². The molecule has 0 unspecified atom stereocenters. The Hall–Kier alpha value is -0.900. The van der Waals surface area contributed by atoms with Crippen LogP contribution >= 0.6 is 0 Å². The van der Waals surface area contributed by atoms with E-state index in [1.54, 1.807) is 7.05 Å². The maximum absolute atomic E-state index is 11.3. The topological polar surface area (TPSA) is 55.4 Å². The van der Waals surface area contributed by atoms with Crippen LogP contribution in [0.15, 0.2) is 0 Å². The lowest BCUT2D eigenvalue weighted by Crippen LogP contribution is -2.23. The van der Waals surface area contributed by atoms with E-state index in [-0.39, 0.29) is 6.54 Å². The Kier molecular flexibility index (Phi) is 15.8. The number of rotatable bonds is 15. The van der Waals surface area contributed by atoms with Crippen LogP contribution < -0.4 is 5.32 Å². The molecule has 0 amide bonds. The Morgan fingerprint density at radius 1 is 0.727 bits per heavy atom. The smallest absolute Gasteiger partial charge is 0.327 e. The van der Waals surface area contributed by atoms with Gasteiger partial charge in [-0.1, -0.05) is 77.6 Å². The van der Waals surface area contributed by atoms with Gasteiger partial charge in [0, 0.05) is 6.42 Å². The minimum absolute atomic E-state index is 0.0875. The number of esters is 2. The molecule has 0 aliphatic heterocycles. The third kappa shape index (κ3) is 15.5. The molecule has 4 nitrogen and oxygen atoms in total. The van der Waals surface area contributed by atoms with Crippen molar-refractivity contribution in [1.29, 1.82) is 0 Å². The van der Waals surface area contributed by atoms with Gasteiger partial charge in [-0.05, 0) is 13.5 Å². The van der Waals surface area contributed by atoms with E-state index < -0.39 is 11.9 Å². The molecule has 4 heteroatoms. The van der Waals surface area contributed by atoms with E-state index in [0.717, 1.165) is 12.8 Å². The molecule has 1 N–H and O–H groups in total. The normalized spacial score (nSPS) is 10.6. The molecule has 0 aromatic heterocycles. The summed E-state index contributed by atoms with van der Waals surface area (Å²) in [5.74, 6) is -0.890. The molecule has 0 saturated carbocycles. The van der Waals surface area contributed by atoms with E-state index in [4.69, 9.17) is 0 Å². The van der Waals surface area contributed by atoms with E-state index >= 15 is 0 Å². The minimum atomic E-state index is -0.494. The average molecular weight is 313 g/mol. The van der Waals surface area contributed by atoms with E-state index in [2.05, 4.69) is 17.0 Å². The van der Waals surface area contributed by atoms with Gasteiger partial charge in [0.05, 0.1) is 6.54 Å². The fourth-order valence-corrected chi connectivity index (χ4v) is 2.47. The van der Waals surface area contributed by atoms with Crippen molar-refractivity contribution in [2.75, 3.05) is 13.6 Å². The molecule has 0 spiro atoms. The van der Waals surface area contributed by atoms with Gasteiger partial charge < -0.3 is 10.1 Å². The SMILES string of the molecule is CCCCCCCCCCCCCCC(=O)OC(=O)CNC. The highest BCUT2D eigenvalue weighted by molar-refractivity contribution is 5.86. The van der Waals surface area contributed by atoms with Gasteiger partial charge in [-0.2, -0.15) is 0 Å². The lowest BCUT2D eigenvalue weighted by atomic mass is 10.0. The second kappa shape index (κ2) is 16.5. The number of unbranched alkanes of at least 4 members (excludes halogenated alkanes) is 11. The van der Waals surface area contributed by atoms with Gasteiger partial charge in [0.2, 0.25) is 0 Å². The largest absolute Gasteiger partial charge is 0.392 e. The molecule has 0 bridgehead atoms. The maximum Gasteiger partial charge on any atom is 0.327 e. The third-order valence-electron chi connectivity index (χ3n) is 3.78. The Morgan fingerprint density at radius 3 is 1.64 bits per heavy atom. The van der Waals surface area contributed by atoms with Gasteiger partial charge in [-0.15, -0.1) is 0 Å². The molecule has 0 aromatic carbocycles. The van der Waals surface area contributed by atoms with E-state index in [9.17, 15) is 9.59 Å². The summed E-state index contributed by atoms with van der Waals surface area (Å²) in [6.07, 6.45) is 15.5. The predicted molar refractivity (Wildman–Crippen MR) is 90.7 cm³/mol. The first-order valence-electron chi connectivity index (χ1n) is 9.08. The summed E-state index contributed by atoms with van der Waals surface area (Å²) < 4.78 is 4.65. The number of carbonyl (C=O) groups is 2. The van der Waals surface area contributed by atoms with Crippen LogP contribution in [0.3, 0.4) is 0 Å². The number of carbonyl (C=O) groups excluding carboxylic acids is 2. The standard InChI is InChI=1S/C18H35NO3/c1-3-4-5-6-7-8-9-10-11-12-13-14-15-17(20)22-18(21)16-19-2/h19H,3-16H2,1-2H3. The van der Waals surface area contributed by atoms with E-state index in [1.807, 2.05) is 0 Å². The van der Waals surface area contributed by atoms with Crippen LogP contribution in [0.5, 0.6) is 0 Å². The van der Waals surface area contributed by atoms with Crippen molar-refractivity contribution in [3.63, 3.8) is 0 Å². The first-order valence-corrected chi connectivity index (χ1v) is 9.08. The van der Waals surface area contributed by atoms with Gasteiger partial charge in [-0.3, -0.25) is 9.59 Å². The van der Waals surface area contributed by atoms with Gasteiger partial charge in [0.25, 0.3) is 0 Å². The molecule has 22 heavy (non-hydrogen) atoms. The Bertz CT molecular complexity index is 280. The van der Waals surface area contributed by atoms with Crippen LogP contribution in [0.2, 0.25) is 0 Å². The summed E-state index contributed by atoms with van der Waals surface area (Å²) in [6, 6.07) is 0. The summed E-state index contributed by atoms with van der Waals surface area (Å²) in [7, 11) is 1.65. The Balaban J connectivity index is 3.20. The summed E-state index contributed by atoms with van der Waals surface area (Å²) >= 11 is 0. The zero-order valence-corrected chi connectivity index (χ0v) is 14.6. The van der Waals surface area contributed by atoms with Crippen LogP contribution in [0.1, 0.15) is 90.4 Å². The molecule has 0 heterocycles. The van der Waals surface area contributed by atoms with Crippen LogP contribution in [0.25, 0.3) is 0 Å². The fourth-order valence-electron chi connectivity index (χ4n) is 2.47. The van der Waals surface area contributed by atoms with Crippen molar-refractivity contribution in [1.82, 2.24) is 5.32 Å². The van der Waals surface area contributed by atoms with Crippen molar-refractivity contribution in [2.24, 2.45) is 0 Å². The first-order chi connectivity index (χ1) is 10.7. The Morgan fingerprint density at radius 2 is 1.18 bits per heavy atom. The second-order valence-corrected chi connectivity index (χ2v) is 6.02. The predicted octanol–water partition coefficient (Wildman–Crippen LogP) is 4.37. The van der Waals surface area contributed by atoms with Crippen LogP contribution in [0, 0.1) is 0 Å². The van der Waals surface area contributed by atoms with Crippen molar-refractivity contribution < 1.29 is 14.3 Å². The second-order valence-electron chi connectivity index (χ2n) is 6.02. The summed E-state index contributed by atoms with van der Waals surface area (Å²) in [5, 5.41) is 2.66. The molecule has 0 atom stereocenters. The average Bonchev–Trinajstić information content (AvgIpc) is 2.48. The van der Waals surface area contributed by atoms with Crippen molar-refractivity contribution in [3.8, 4) is 0 Å². The van der Waals surface area contributed by atoms with Crippen molar-refractivity contribution >= 4 is 11.9 Å². The van der Waals surface area contributed by atoms with Crippen LogP contribution in [-0.4, -0.2) is 25.5 Å². The zero-order valence-electron chi connectivity index (χ0n) is 14.6. The fraction of sp³-hybridized carbons (Fsp3) is 0.889. The molecule has 0 saturated heterocycles. The van der Waals surface area contributed by atoms with Gasteiger partial charge in [0.15, 0.2) is 0 Å². The molecular weight excluding hydrogens is 278 g/mol. The number of ether oxygens (including phenoxy) is 1. The van der Waals surface area contributed by atoms with Crippen molar-refractivity contribution in [2.45, 2.75) is 90.4 Å². The summed E-state index contributed by atoms with van der Waals surface area (Å²) in [4.78, 5) is 22.4. The zero-order chi connectivity index (χ0) is 16.5. The van der Waals surface area contributed by atoms with E-state index in [1.165, 1.54) is 64.2 Å². The molecule has 0 fully saturated rings. The molecule has 0 aliphatic carbocycles. The van der Waals surface area contributed by atoms with Gasteiger partial charge in [-0.25, -0.2) is 0 Å². The highest BCUT2D eigenvalue weighted by Gasteiger charge is 2.08. The van der Waals surface area contributed by atoms with Crippen LogP contribution in [-0.2, 0) is 14.3 Å². The number of nitrogens with one attached hydrogen (secondary N) is 1. The molecule has 0 radical (unpaired) electrons. The summed E-state index contributed by atoms with van der Waals surface area (Å²) in [6.45, 7) is 2.34. The molecular formula is C18H35NO3.